The van der Waals surface area contributed by atoms with Crippen molar-refractivity contribution < 1.29 is 13.2 Å². The average Bonchev–Trinajstić information content (AvgIpc) is 2.29. The smallest absolute Gasteiger partial charge is 0.194 e. The number of hydrogen-bond acceptors (Lipinski definition) is 2. The Kier molecular flexibility index (Phi) is 3.34. The van der Waals surface area contributed by atoms with Gasteiger partial charge in [-0.1, -0.05) is 11.6 Å². The summed E-state index contributed by atoms with van der Waals surface area (Å²) < 4.78 is 38.8. The highest BCUT2D eigenvalue weighted by atomic mass is 35.5. The van der Waals surface area contributed by atoms with Gasteiger partial charge in [0.1, 0.15) is 0 Å². The summed E-state index contributed by atoms with van der Waals surface area (Å²) in [5.41, 5.74) is 6.43. The number of nitrogen functional groups attached to an aromatic ring is 1. The minimum absolute atomic E-state index is 0.0538. The van der Waals surface area contributed by atoms with Gasteiger partial charge in [0.05, 0.1) is 10.7 Å². The summed E-state index contributed by atoms with van der Waals surface area (Å²) in [7, 11) is 0. The number of halogens is 4. The van der Waals surface area contributed by atoms with Gasteiger partial charge in [-0.2, -0.15) is 0 Å². The van der Waals surface area contributed by atoms with Crippen LogP contribution in [-0.2, 0) is 0 Å². The number of nitrogens with one attached hydrogen (secondary N) is 1. The predicted octanol–water partition coefficient (Wildman–Crippen LogP) is 4.08. The maximum atomic E-state index is 13.0. The first-order valence-electron chi connectivity index (χ1n) is 4.94. The van der Waals surface area contributed by atoms with Crippen LogP contribution >= 0.6 is 11.6 Å². The summed E-state index contributed by atoms with van der Waals surface area (Å²) >= 11 is 5.89. The molecule has 0 aliphatic rings. The van der Waals surface area contributed by atoms with Gasteiger partial charge < -0.3 is 11.1 Å². The van der Waals surface area contributed by atoms with Crippen LogP contribution in [0.4, 0.5) is 30.2 Å². The molecule has 94 valence electrons. The molecular formula is C12H8ClF3N2. The summed E-state index contributed by atoms with van der Waals surface area (Å²) in [4.78, 5) is 0. The van der Waals surface area contributed by atoms with E-state index in [1.54, 1.807) is 12.1 Å². The summed E-state index contributed by atoms with van der Waals surface area (Å²) in [6.07, 6.45) is 0. The second-order valence-corrected chi connectivity index (χ2v) is 4.03. The van der Waals surface area contributed by atoms with Crippen molar-refractivity contribution in [3.05, 3.63) is 52.8 Å². The minimum atomic E-state index is -1.51. The SMILES string of the molecule is Nc1ccc(Nc2cc(F)c(F)c(F)c2)c(Cl)c1. The molecular weight excluding hydrogens is 265 g/mol. The van der Waals surface area contributed by atoms with Crippen LogP contribution in [0.25, 0.3) is 0 Å². The largest absolute Gasteiger partial charge is 0.399 e. The normalized spacial score (nSPS) is 10.4. The van der Waals surface area contributed by atoms with Crippen molar-refractivity contribution in [2.45, 2.75) is 0 Å². The number of rotatable bonds is 2. The molecule has 0 saturated carbocycles. The van der Waals surface area contributed by atoms with Crippen LogP contribution in [0, 0.1) is 17.5 Å². The Bertz CT molecular complexity index is 579. The zero-order valence-corrected chi connectivity index (χ0v) is 9.73. The van der Waals surface area contributed by atoms with Crippen molar-refractivity contribution in [1.29, 1.82) is 0 Å². The summed E-state index contributed by atoms with van der Waals surface area (Å²) in [6, 6.07) is 6.29. The molecule has 0 amide bonds. The fourth-order valence-electron chi connectivity index (χ4n) is 1.42. The molecule has 0 radical (unpaired) electrons. The molecule has 0 bridgehead atoms. The van der Waals surface area contributed by atoms with Crippen LogP contribution in [-0.4, -0.2) is 0 Å². The van der Waals surface area contributed by atoms with Crippen molar-refractivity contribution in [3.63, 3.8) is 0 Å². The standard InChI is InChI=1S/C12H8ClF3N2/c13-8-3-6(17)1-2-11(8)18-7-4-9(14)12(16)10(15)5-7/h1-5,18H,17H2. The van der Waals surface area contributed by atoms with Gasteiger partial charge in [0, 0.05) is 23.5 Å². The van der Waals surface area contributed by atoms with E-state index in [9.17, 15) is 13.2 Å². The Labute approximate surface area is 106 Å². The first-order valence-corrected chi connectivity index (χ1v) is 5.32. The number of hydrogen-bond donors (Lipinski definition) is 2. The first-order chi connectivity index (χ1) is 8.47. The summed E-state index contributed by atoms with van der Waals surface area (Å²) in [6.45, 7) is 0. The molecule has 6 heteroatoms. The van der Waals surface area contributed by atoms with Crippen LogP contribution < -0.4 is 11.1 Å². The van der Waals surface area contributed by atoms with E-state index in [4.69, 9.17) is 17.3 Å². The van der Waals surface area contributed by atoms with Gasteiger partial charge in [-0.05, 0) is 18.2 Å². The van der Waals surface area contributed by atoms with E-state index in [0.29, 0.717) is 16.4 Å². The monoisotopic (exact) mass is 272 g/mol. The van der Waals surface area contributed by atoms with Crippen LogP contribution in [0.15, 0.2) is 30.3 Å². The fourth-order valence-corrected chi connectivity index (χ4v) is 1.65. The van der Waals surface area contributed by atoms with Crippen molar-refractivity contribution in [3.8, 4) is 0 Å². The van der Waals surface area contributed by atoms with Gasteiger partial charge in [-0.15, -0.1) is 0 Å². The van der Waals surface area contributed by atoms with Crippen LogP contribution in [0.2, 0.25) is 5.02 Å². The fraction of sp³-hybridized carbons (Fsp3) is 0. The van der Waals surface area contributed by atoms with E-state index in [1.807, 2.05) is 0 Å². The van der Waals surface area contributed by atoms with Gasteiger partial charge >= 0.3 is 0 Å². The molecule has 0 aliphatic heterocycles. The third-order valence-corrected chi connectivity index (χ3v) is 2.57. The molecule has 0 fully saturated rings. The van der Waals surface area contributed by atoms with Gasteiger partial charge in [0.15, 0.2) is 17.5 Å². The molecule has 2 rings (SSSR count). The highest BCUT2D eigenvalue weighted by molar-refractivity contribution is 6.33. The molecule has 2 nitrogen and oxygen atoms in total. The molecule has 0 atom stereocenters. The number of anilines is 3. The number of nitrogens with two attached hydrogens (primary N) is 1. The molecule has 2 aromatic rings. The van der Waals surface area contributed by atoms with Gasteiger partial charge in [0.25, 0.3) is 0 Å². The molecule has 0 heterocycles. The van der Waals surface area contributed by atoms with E-state index in [-0.39, 0.29) is 5.69 Å². The highest BCUT2D eigenvalue weighted by Gasteiger charge is 2.11. The molecule has 0 saturated heterocycles. The summed E-state index contributed by atoms with van der Waals surface area (Å²) in [5, 5.41) is 2.97. The lowest BCUT2D eigenvalue weighted by atomic mass is 10.2. The van der Waals surface area contributed by atoms with Crippen LogP contribution in [0.5, 0.6) is 0 Å². The Morgan fingerprint density at radius 1 is 1.00 bits per heavy atom. The topological polar surface area (TPSA) is 38.0 Å². The number of benzene rings is 2. The Balaban J connectivity index is 2.34. The quantitative estimate of drug-likeness (QED) is 0.638. The predicted molar refractivity (Wildman–Crippen MR) is 65.5 cm³/mol. The Morgan fingerprint density at radius 2 is 1.61 bits per heavy atom. The molecule has 0 unspecified atom stereocenters. The second-order valence-electron chi connectivity index (χ2n) is 3.62. The van der Waals surface area contributed by atoms with E-state index in [2.05, 4.69) is 5.32 Å². The van der Waals surface area contributed by atoms with Gasteiger partial charge in [0.2, 0.25) is 0 Å². The maximum absolute atomic E-state index is 13.0. The van der Waals surface area contributed by atoms with Crippen LogP contribution in [0.3, 0.4) is 0 Å². The average molecular weight is 273 g/mol. The Hall–Kier alpha value is -1.88. The zero-order chi connectivity index (χ0) is 13.3. The zero-order valence-electron chi connectivity index (χ0n) is 8.98. The lowest BCUT2D eigenvalue weighted by molar-refractivity contribution is 0.448. The molecule has 0 aliphatic carbocycles. The van der Waals surface area contributed by atoms with E-state index < -0.39 is 17.5 Å². The highest BCUT2D eigenvalue weighted by Crippen LogP contribution is 2.28. The van der Waals surface area contributed by atoms with Crippen molar-refractivity contribution >= 4 is 28.7 Å². The molecule has 18 heavy (non-hydrogen) atoms. The first kappa shape index (κ1) is 12.6. The molecule has 0 aromatic heterocycles. The van der Waals surface area contributed by atoms with Crippen molar-refractivity contribution in [1.82, 2.24) is 0 Å². The van der Waals surface area contributed by atoms with E-state index in [1.165, 1.54) is 6.07 Å². The minimum Gasteiger partial charge on any atom is -0.399 e. The maximum Gasteiger partial charge on any atom is 0.194 e. The third kappa shape index (κ3) is 2.51. The molecule has 0 spiro atoms. The lowest BCUT2D eigenvalue weighted by Gasteiger charge is -2.09. The lowest BCUT2D eigenvalue weighted by Crippen LogP contribution is -1.97. The van der Waals surface area contributed by atoms with Gasteiger partial charge in [-0.3, -0.25) is 0 Å². The summed E-state index contributed by atoms with van der Waals surface area (Å²) in [5.74, 6) is -4.06. The van der Waals surface area contributed by atoms with Crippen molar-refractivity contribution in [2.24, 2.45) is 0 Å². The third-order valence-electron chi connectivity index (χ3n) is 2.26. The van der Waals surface area contributed by atoms with E-state index in [0.717, 1.165) is 12.1 Å². The van der Waals surface area contributed by atoms with Gasteiger partial charge in [-0.25, -0.2) is 13.2 Å². The molecule has 3 N–H and O–H groups in total. The Morgan fingerprint density at radius 3 is 2.17 bits per heavy atom. The van der Waals surface area contributed by atoms with Crippen molar-refractivity contribution in [2.75, 3.05) is 11.1 Å². The van der Waals surface area contributed by atoms with E-state index >= 15 is 0 Å². The molecule has 2 aromatic carbocycles. The second kappa shape index (κ2) is 4.78. The van der Waals surface area contributed by atoms with Crippen LogP contribution in [0.1, 0.15) is 0 Å².